The van der Waals surface area contributed by atoms with Crippen molar-refractivity contribution < 1.29 is 4.79 Å². The van der Waals surface area contributed by atoms with Gasteiger partial charge in [0.05, 0.1) is 6.54 Å². The number of primary amides is 1. The van der Waals surface area contributed by atoms with E-state index in [0.29, 0.717) is 6.54 Å². The van der Waals surface area contributed by atoms with Crippen molar-refractivity contribution in [3.8, 4) is 0 Å². The first-order chi connectivity index (χ1) is 8.58. The van der Waals surface area contributed by atoms with E-state index in [9.17, 15) is 4.79 Å². The van der Waals surface area contributed by atoms with Gasteiger partial charge in [0, 0.05) is 19.3 Å². The van der Waals surface area contributed by atoms with Gasteiger partial charge in [-0.1, -0.05) is 6.92 Å². The van der Waals surface area contributed by atoms with Crippen LogP contribution in [0.2, 0.25) is 0 Å². The van der Waals surface area contributed by atoms with Crippen molar-refractivity contribution in [1.29, 1.82) is 0 Å². The summed E-state index contributed by atoms with van der Waals surface area (Å²) in [4.78, 5) is 17.3. The maximum atomic E-state index is 11.0. The van der Waals surface area contributed by atoms with Crippen LogP contribution in [0.5, 0.6) is 0 Å². The molecule has 0 radical (unpaired) electrons. The van der Waals surface area contributed by atoms with Gasteiger partial charge in [-0.25, -0.2) is 4.98 Å². The van der Waals surface area contributed by atoms with Gasteiger partial charge in [0.1, 0.15) is 5.82 Å². The minimum Gasteiger partial charge on any atom is -0.368 e. The molecule has 1 amide bonds. The molecule has 0 atom stereocenters. The summed E-state index contributed by atoms with van der Waals surface area (Å²) in [7, 11) is 0. The predicted molar refractivity (Wildman–Crippen MR) is 73.4 cm³/mol. The normalized spacial score (nSPS) is 10.4. The summed E-state index contributed by atoms with van der Waals surface area (Å²) < 4.78 is 0. The maximum absolute atomic E-state index is 11.0. The van der Waals surface area contributed by atoms with Crippen molar-refractivity contribution in [2.45, 2.75) is 27.3 Å². The molecule has 0 bridgehead atoms. The van der Waals surface area contributed by atoms with E-state index in [0.717, 1.165) is 30.0 Å². The van der Waals surface area contributed by atoms with Crippen molar-refractivity contribution >= 4 is 11.7 Å². The summed E-state index contributed by atoms with van der Waals surface area (Å²) in [6, 6.07) is 2.09. The number of rotatable bonds is 7. The number of nitrogens with two attached hydrogens (primary N) is 1. The third-order valence-electron chi connectivity index (χ3n) is 2.71. The van der Waals surface area contributed by atoms with Gasteiger partial charge in [-0.05, 0) is 37.6 Å². The molecule has 5 nitrogen and oxygen atoms in total. The zero-order valence-corrected chi connectivity index (χ0v) is 11.4. The Kier molecular flexibility index (Phi) is 5.58. The van der Waals surface area contributed by atoms with Crippen LogP contribution in [0.25, 0.3) is 0 Å². The molecular formula is C13H22N4O. The number of anilines is 1. The highest BCUT2D eigenvalue weighted by molar-refractivity contribution is 5.79. The minimum atomic E-state index is -0.338. The van der Waals surface area contributed by atoms with E-state index in [4.69, 9.17) is 5.73 Å². The van der Waals surface area contributed by atoms with E-state index in [1.165, 1.54) is 0 Å². The fourth-order valence-corrected chi connectivity index (χ4v) is 1.85. The van der Waals surface area contributed by atoms with Crippen molar-refractivity contribution in [2.24, 2.45) is 5.73 Å². The number of carbonyl (C=O) groups excluding carboxylic acids is 1. The average Bonchev–Trinajstić information content (AvgIpc) is 2.33. The number of nitrogens with one attached hydrogen (secondary N) is 1. The first kappa shape index (κ1) is 14.4. The standard InChI is InChI=1S/C13H22N4O/c1-4-15-7-11-6-10(3)13(16-8-11)17(5-2)9-12(14)18/h6,8,15H,4-5,7,9H2,1-3H3,(H2,14,18). The lowest BCUT2D eigenvalue weighted by Gasteiger charge is -2.22. The van der Waals surface area contributed by atoms with E-state index >= 15 is 0 Å². The number of amides is 1. The lowest BCUT2D eigenvalue weighted by Crippen LogP contribution is -2.34. The Morgan fingerprint density at radius 1 is 1.50 bits per heavy atom. The Hall–Kier alpha value is -1.62. The molecule has 0 spiro atoms. The third kappa shape index (κ3) is 4.00. The number of nitrogens with zero attached hydrogens (tertiary/aromatic N) is 2. The van der Waals surface area contributed by atoms with Gasteiger partial charge in [0.2, 0.25) is 5.91 Å². The van der Waals surface area contributed by atoms with E-state index in [-0.39, 0.29) is 12.5 Å². The monoisotopic (exact) mass is 250 g/mol. The third-order valence-corrected chi connectivity index (χ3v) is 2.71. The molecule has 18 heavy (non-hydrogen) atoms. The maximum Gasteiger partial charge on any atom is 0.236 e. The molecule has 0 aliphatic carbocycles. The molecule has 0 aromatic carbocycles. The van der Waals surface area contributed by atoms with Crippen LogP contribution in [0.1, 0.15) is 25.0 Å². The molecule has 0 saturated carbocycles. The van der Waals surface area contributed by atoms with Crippen molar-refractivity contribution in [1.82, 2.24) is 10.3 Å². The van der Waals surface area contributed by atoms with Gasteiger partial charge in [-0.15, -0.1) is 0 Å². The number of carbonyl (C=O) groups is 1. The van der Waals surface area contributed by atoms with Crippen molar-refractivity contribution in [2.75, 3.05) is 24.5 Å². The molecule has 1 rings (SSSR count). The number of aryl methyl sites for hydroxylation is 1. The molecule has 5 heteroatoms. The number of pyridine rings is 1. The minimum absolute atomic E-state index is 0.205. The Morgan fingerprint density at radius 2 is 2.22 bits per heavy atom. The lowest BCUT2D eigenvalue weighted by molar-refractivity contribution is -0.116. The predicted octanol–water partition coefficient (Wildman–Crippen LogP) is 0.811. The van der Waals surface area contributed by atoms with Crippen LogP contribution in [0.4, 0.5) is 5.82 Å². The number of likely N-dealkylation sites (N-methyl/N-ethyl adjacent to an activating group) is 1. The molecule has 0 unspecified atom stereocenters. The summed E-state index contributed by atoms with van der Waals surface area (Å²) >= 11 is 0. The molecule has 3 N–H and O–H groups in total. The van der Waals surface area contributed by atoms with Gasteiger partial charge >= 0.3 is 0 Å². The van der Waals surface area contributed by atoms with Crippen LogP contribution in [0.3, 0.4) is 0 Å². The highest BCUT2D eigenvalue weighted by Gasteiger charge is 2.11. The Balaban J connectivity index is 2.85. The van der Waals surface area contributed by atoms with Crippen LogP contribution in [0, 0.1) is 6.92 Å². The van der Waals surface area contributed by atoms with Crippen LogP contribution >= 0.6 is 0 Å². The van der Waals surface area contributed by atoms with Gasteiger partial charge < -0.3 is 16.0 Å². The smallest absolute Gasteiger partial charge is 0.236 e. The van der Waals surface area contributed by atoms with Crippen LogP contribution in [-0.2, 0) is 11.3 Å². The Labute approximate surface area is 108 Å². The first-order valence-electron chi connectivity index (χ1n) is 6.28. The topological polar surface area (TPSA) is 71.2 Å². The second kappa shape index (κ2) is 6.96. The molecule has 0 saturated heterocycles. The van der Waals surface area contributed by atoms with Crippen molar-refractivity contribution in [3.63, 3.8) is 0 Å². The largest absolute Gasteiger partial charge is 0.368 e. The summed E-state index contributed by atoms with van der Waals surface area (Å²) in [6.45, 7) is 8.72. The molecule has 0 fully saturated rings. The number of hydrogen-bond donors (Lipinski definition) is 2. The lowest BCUT2D eigenvalue weighted by atomic mass is 10.2. The second-order valence-electron chi connectivity index (χ2n) is 4.24. The molecule has 100 valence electrons. The van der Waals surface area contributed by atoms with Crippen LogP contribution < -0.4 is 16.0 Å². The summed E-state index contributed by atoms with van der Waals surface area (Å²) in [5, 5.41) is 3.26. The molecule has 1 heterocycles. The fourth-order valence-electron chi connectivity index (χ4n) is 1.85. The summed E-state index contributed by atoms with van der Waals surface area (Å²) in [5.74, 6) is 0.492. The molecular weight excluding hydrogens is 228 g/mol. The highest BCUT2D eigenvalue weighted by Crippen LogP contribution is 2.17. The van der Waals surface area contributed by atoms with Gasteiger partial charge in [-0.2, -0.15) is 0 Å². The summed E-state index contributed by atoms with van der Waals surface area (Å²) in [5.41, 5.74) is 7.44. The molecule has 0 aliphatic rings. The van der Waals surface area contributed by atoms with Gasteiger partial charge in [-0.3, -0.25) is 4.79 Å². The zero-order valence-electron chi connectivity index (χ0n) is 11.4. The quantitative estimate of drug-likeness (QED) is 0.751. The number of hydrogen-bond acceptors (Lipinski definition) is 4. The van der Waals surface area contributed by atoms with Gasteiger partial charge in [0.15, 0.2) is 0 Å². The Bertz CT molecular complexity index is 406. The zero-order chi connectivity index (χ0) is 13.5. The second-order valence-corrected chi connectivity index (χ2v) is 4.24. The summed E-state index contributed by atoms with van der Waals surface area (Å²) in [6.07, 6.45) is 1.84. The van der Waals surface area contributed by atoms with Crippen LogP contribution in [0.15, 0.2) is 12.3 Å². The molecule has 1 aromatic rings. The van der Waals surface area contributed by atoms with Crippen LogP contribution in [-0.4, -0.2) is 30.5 Å². The van der Waals surface area contributed by atoms with E-state index in [2.05, 4.69) is 23.3 Å². The fraction of sp³-hybridized carbons (Fsp3) is 0.538. The highest BCUT2D eigenvalue weighted by atomic mass is 16.1. The van der Waals surface area contributed by atoms with Gasteiger partial charge in [0.25, 0.3) is 0 Å². The van der Waals surface area contributed by atoms with E-state index in [1.807, 2.05) is 24.9 Å². The van der Waals surface area contributed by atoms with Crippen molar-refractivity contribution in [3.05, 3.63) is 23.4 Å². The Morgan fingerprint density at radius 3 is 2.72 bits per heavy atom. The van der Waals surface area contributed by atoms with E-state index < -0.39 is 0 Å². The average molecular weight is 250 g/mol. The molecule has 1 aromatic heterocycles. The molecule has 0 aliphatic heterocycles. The SMILES string of the molecule is CCNCc1cnc(N(CC)CC(N)=O)c(C)c1. The van der Waals surface area contributed by atoms with E-state index in [1.54, 1.807) is 0 Å². The first-order valence-corrected chi connectivity index (χ1v) is 6.28. The number of aromatic nitrogens is 1.